The number of pyridine rings is 1. The van der Waals surface area contributed by atoms with Crippen LogP contribution in [-0.4, -0.2) is 38.0 Å². The lowest BCUT2D eigenvalue weighted by Crippen LogP contribution is -2.40. The number of rotatable bonds is 1. The van der Waals surface area contributed by atoms with E-state index in [0.29, 0.717) is 18.8 Å². The maximum Gasteiger partial charge on any atom is 0.153 e. The number of anilines is 1. The van der Waals surface area contributed by atoms with Gasteiger partial charge in [0.2, 0.25) is 0 Å². The van der Waals surface area contributed by atoms with Crippen LogP contribution in [-0.2, 0) is 9.84 Å². The zero-order valence-electron chi connectivity index (χ0n) is 8.63. The molecule has 0 bridgehead atoms. The summed E-state index contributed by atoms with van der Waals surface area (Å²) < 4.78 is 22.5. The molecule has 0 spiro atoms. The van der Waals surface area contributed by atoms with Gasteiger partial charge in [-0.15, -0.1) is 0 Å². The van der Waals surface area contributed by atoms with Crippen LogP contribution in [0.3, 0.4) is 0 Å². The van der Waals surface area contributed by atoms with Gasteiger partial charge in [-0.3, -0.25) is 0 Å². The Labute approximate surface area is 94.2 Å². The summed E-state index contributed by atoms with van der Waals surface area (Å²) in [5.74, 6) is 0.375. The van der Waals surface area contributed by atoms with Crippen molar-refractivity contribution in [3.05, 3.63) is 24.0 Å². The Kier molecular flexibility index (Phi) is 2.79. The number of hydrogen-bond acceptors (Lipinski definition) is 5. The maximum absolute atomic E-state index is 11.2. The van der Waals surface area contributed by atoms with Gasteiger partial charge in [-0.05, 0) is 12.1 Å². The first-order valence-corrected chi connectivity index (χ1v) is 6.74. The van der Waals surface area contributed by atoms with Crippen LogP contribution in [0.2, 0.25) is 0 Å². The molecule has 0 N–H and O–H groups in total. The average molecular weight is 237 g/mol. The first-order valence-electron chi connectivity index (χ1n) is 4.92. The second kappa shape index (κ2) is 4.10. The van der Waals surface area contributed by atoms with Crippen molar-refractivity contribution in [1.82, 2.24) is 4.98 Å². The fraction of sp³-hybridized carbons (Fsp3) is 0.400. The number of sulfone groups is 1. The van der Waals surface area contributed by atoms with Gasteiger partial charge in [0.15, 0.2) is 9.84 Å². The number of nitriles is 1. The molecule has 0 unspecified atom stereocenters. The molecule has 1 aliphatic heterocycles. The van der Waals surface area contributed by atoms with Gasteiger partial charge in [-0.1, -0.05) is 0 Å². The van der Waals surface area contributed by atoms with Crippen LogP contribution in [0.1, 0.15) is 5.69 Å². The summed E-state index contributed by atoms with van der Waals surface area (Å²) in [6.45, 7) is 0.992. The molecule has 1 aromatic rings. The minimum Gasteiger partial charge on any atom is -0.368 e. The van der Waals surface area contributed by atoms with Crippen molar-refractivity contribution in [2.75, 3.05) is 29.5 Å². The SMILES string of the molecule is N#Cc1ccc(N2CCS(=O)(=O)CC2)cn1. The average Bonchev–Trinajstić information content (AvgIpc) is 2.29. The molecule has 0 aromatic carbocycles. The molecule has 6 heteroatoms. The Balaban J connectivity index is 2.12. The normalized spacial score (nSPS) is 19.1. The highest BCUT2D eigenvalue weighted by molar-refractivity contribution is 7.91. The van der Waals surface area contributed by atoms with Crippen molar-refractivity contribution in [1.29, 1.82) is 5.26 Å². The molecule has 1 saturated heterocycles. The minimum absolute atomic E-state index is 0.188. The first kappa shape index (κ1) is 10.9. The number of aromatic nitrogens is 1. The molecule has 84 valence electrons. The van der Waals surface area contributed by atoms with Gasteiger partial charge in [-0.2, -0.15) is 5.26 Å². The standard InChI is InChI=1S/C10H11N3O2S/c11-7-9-1-2-10(8-12-9)13-3-5-16(14,15)6-4-13/h1-2,8H,3-6H2. The highest BCUT2D eigenvalue weighted by Gasteiger charge is 2.21. The van der Waals surface area contributed by atoms with Crippen LogP contribution < -0.4 is 4.90 Å². The van der Waals surface area contributed by atoms with Crippen molar-refractivity contribution in [2.24, 2.45) is 0 Å². The number of nitrogens with zero attached hydrogens (tertiary/aromatic N) is 3. The minimum atomic E-state index is -2.85. The van der Waals surface area contributed by atoms with E-state index in [1.165, 1.54) is 0 Å². The van der Waals surface area contributed by atoms with E-state index >= 15 is 0 Å². The van der Waals surface area contributed by atoms with E-state index in [1.807, 2.05) is 11.0 Å². The lowest BCUT2D eigenvalue weighted by atomic mass is 10.3. The van der Waals surface area contributed by atoms with E-state index in [2.05, 4.69) is 4.98 Å². The van der Waals surface area contributed by atoms with Gasteiger partial charge in [-0.25, -0.2) is 13.4 Å². The quantitative estimate of drug-likeness (QED) is 0.697. The molecule has 0 amide bonds. The fourth-order valence-corrected chi connectivity index (χ4v) is 2.81. The summed E-state index contributed by atoms with van der Waals surface area (Å²) in [5, 5.41) is 8.60. The Hall–Kier alpha value is -1.61. The van der Waals surface area contributed by atoms with Crippen molar-refractivity contribution < 1.29 is 8.42 Å². The Morgan fingerprint density at radius 3 is 2.50 bits per heavy atom. The van der Waals surface area contributed by atoms with Crippen molar-refractivity contribution >= 4 is 15.5 Å². The third kappa shape index (κ3) is 2.31. The van der Waals surface area contributed by atoms with E-state index in [-0.39, 0.29) is 11.5 Å². The predicted molar refractivity (Wildman–Crippen MR) is 59.8 cm³/mol. The van der Waals surface area contributed by atoms with Gasteiger partial charge < -0.3 is 4.90 Å². The van der Waals surface area contributed by atoms with Crippen LogP contribution in [0.4, 0.5) is 5.69 Å². The van der Waals surface area contributed by atoms with E-state index in [1.54, 1.807) is 18.3 Å². The van der Waals surface area contributed by atoms with Crippen LogP contribution in [0.5, 0.6) is 0 Å². The first-order chi connectivity index (χ1) is 7.61. The highest BCUT2D eigenvalue weighted by atomic mass is 32.2. The molecule has 0 aliphatic carbocycles. The van der Waals surface area contributed by atoms with Crippen LogP contribution in [0, 0.1) is 11.3 Å². The third-order valence-electron chi connectivity index (χ3n) is 2.57. The molecule has 2 heterocycles. The molecule has 1 fully saturated rings. The van der Waals surface area contributed by atoms with Crippen LogP contribution >= 0.6 is 0 Å². The topological polar surface area (TPSA) is 74.1 Å². The van der Waals surface area contributed by atoms with Crippen LogP contribution in [0.25, 0.3) is 0 Å². The molecule has 0 radical (unpaired) electrons. The molecule has 16 heavy (non-hydrogen) atoms. The molecular weight excluding hydrogens is 226 g/mol. The molecule has 0 atom stereocenters. The zero-order chi connectivity index (χ0) is 11.6. The highest BCUT2D eigenvalue weighted by Crippen LogP contribution is 2.16. The van der Waals surface area contributed by atoms with Crippen molar-refractivity contribution in [3.63, 3.8) is 0 Å². The summed E-state index contributed by atoms with van der Waals surface area (Å²) in [5.41, 5.74) is 1.24. The summed E-state index contributed by atoms with van der Waals surface area (Å²) in [6.07, 6.45) is 1.61. The Morgan fingerprint density at radius 2 is 2.00 bits per heavy atom. The summed E-state index contributed by atoms with van der Waals surface area (Å²) in [6, 6.07) is 5.38. The number of hydrogen-bond donors (Lipinski definition) is 0. The van der Waals surface area contributed by atoms with Gasteiger partial charge in [0.1, 0.15) is 11.8 Å². The van der Waals surface area contributed by atoms with Gasteiger partial charge >= 0.3 is 0 Å². The Morgan fingerprint density at radius 1 is 1.31 bits per heavy atom. The van der Waals surface area contributed by atoms with E-state index < -0.39 is 9.84 Å². The summed E-state index contributed by atoms with van der Waals surface area (Å²) in [4.78, 5) is 5.92. The van der Waals surface area contributed by atoms with Gasteiger partial charge in [0.25, 0.3) is 0 Å². The lowest BCUT2D eigenvalue weighted by molar-refractivity contribution is 0.586. The maximum atomic E-state index is 11.2. The Bertz CT molecular complexity index is 502. The van der Waals surface area contributed by atoms with Gasteiger partial charge in [0, 0.05) is 13.1 Å². The molecule has 2 rings (SSSR count). The molecule has 1 aliphatic rings. The van der Waals surface area contributed by atoms with Crippen molar-refractivity contribution in [2.45, 2.75) is 0 Å². The molecular formula is C10H11N3O2S. The smallest absolute Gasteiger partial charge is 0.153 e. The third-order valence-corrected chi connectivity index (χ3v) is 4.18. The second-order valence-electron chi connectivity index (χ2n) is 3.65. The zero-order valence-corrected chi connectivity index (χ0v) is 9.44. The monoisotopic (exact) mass is 237 g/mol. The van der Waals surface area contributed by atoms with E-state index in [0.717, 1.165) is 5.69 Å². The van der Waals surface area contributed by atoms with E-state index in [9.17, 15) is 8.42 Å². The molecule has 0 saturated carbocycles. The summed E-state index contributed by atoms with van der Waals surface area (Å²) in [7, 11) is -2.85. The fourth-order valence-electron chi connectivity index (χ4n) is 1.61. The van der Waals surface area contributed by atoms with Gasteiger partial charge in [0.05, 0.1) is 23.4 Å². The second-order valence-corrected chi connectivity index (χ2v) is 5.96. The van der Waals surface area contributed by atoms with Crippen LogP contribution in [0.15, 0.2) is 18.3 Å². The lowest BCUT2D eigenvalue weighted by Gasteiger charge is -2.28. The van der Waals surface area contributed by atoms with E-state index in [4.69, 9.17) is 5.26 Å². The molecule has 5 nitrogen and oxygen atoms in total. The summed E-state index contributed by atoms with van der Waals surface area (Å²) >= 11 is 0. The molecule has 1 aromatic heterocycles. The predicted octanol–water partition coefficient (Wildman–Crippen LogP) is 0.188. The van der Waals surface area contributed by atoms with Crippen molar-refractivity contribution in [3.8, 4) is 6.07 Å². The largest absolute Gasteiger partial charge is 0.368 e.